The molecule has 1 unspecified atom stereocenters. The molecule has 0 aromatic heterocycles. The minimum Gasteiger partial charge on any atom is -0.481 e. The predicted molar refractivity (Wildman–Crippen MR) is 85.5 cm³/mol. The first-order valence-corrected chi connectivity index (χ1v) is 8.10. The van der Waals surface area contributed by atoms with Crippen molar-refractivity contribution in [2.75, 3.05) is 6.54 Å². The second kappa shape index (κ2) is 7.43. The van der Waals surface area contributed by atoms with Crippen LogP contribution in [0.4, 0.5) is 0 Å². The Balaban J connectivity index is 2.21. The topological polar surface area (TPSA) is 57.6 Å². The van der Waals surface area contributed by atoms with Crippen molar-refractivity contribution in [3.63, 3.8) is 0 Å². The highest BCUT2D eigenvalue weighted by atomic mass is 16.4. The Morgan fingerprint density at radius 1 is 1.32 bits per heavy atom. The third-order valence-electron chi connectivity index (χ3n) is 4.28. The molecular formula is C18H25NO3. The van der Waals surface area contributed by atoms with E-state index in [2.05, 4.69) is 12.1 Å². The van der Waals surface area contributed by atoms with Crippen molar-refractivity contribution >= 4 is 11.9 Å². The lowest BCUT2D eigenvalue weighted by Gasteiger charge is -2.37. The van der Waals surface area contributed by atoms with E-state index in [9.17, 15) is 9.59 Å². The van der Waals surface area contributed by atoms with Crippen molar-refractivity contribution in [3.8, 4) is 0 Å². The number of fused-ring (bicyclic) bond motifs is 1. The van der Waals surface area contributed by atoms with Crippen LogP contribution in [-0.2, 0) is 16.0 Å². The summed E-state index contributed by atoms with van der Waals surface area (Å²) in [4.78, 5) is 25.3. The van der Waals surface area contributed by atoms with Gasteiger partial charge in [-0.1, -0.05) is 38.1 Å². The van der Waals surface area contributed by atoms with Crippen LogP contribution in [0.2, 0.25) is 0 Å². The number of hydrogen-bond donors (Lipinski definition) is 1. The van der Waals surface area contributed by atoms with E-state index in [4.69, 9.17) is 5.11 Å². The van der Waals surface area contributed by atoms with Gasteiger partial charge in [0, 0.05) is 18.9 Å². The maximum Gasteiger partial charge on any atom is 0.303 e. The lowest BCUT2D eigenvalue weighted by Crippen LogP contribution is -2.39. The van der Waals surface area contributed by atoms with E-state index >= 15 is 0 Å². The van der Waals surface area contributed by atoms with Crippen molar-refractivity contribution < 1.29 is 14.7 Å². The molecule has 1 N–H and O–H groups in total. The molecule has 1 aliphatic rings. The third kappa shape index (κ3) is 3.87. The van der Waals surface area contributed by atoms with E-state index < -0.39 is 5.97 Å². The fraction of sp³-hybridized carbons (Fsp3) is 0.556. The molecule has 0 aliphatic heterocycles. The Morgan fingerprint density at radius 2 is 2.05 bits per heavy atom. The number of aliphatic carboxylic acids is 1. The van der Waals surface area contributed by atoms with Gasteiger partial charge in [0.05, 0.1) is 6.04 Å². The Hall–Kier alpha value is -1.84. The molecule has 0 saturated carbocycles. The quantitative estimate of drug-likeness (QED) is 0.876. The number of benzene rings is 1. The minimum atomic E-state index is -0.805. The van der Waals surface area contributed by atoms with Crippen LogP contribution in [0.15, 0.2) is 24.3 Å². The number of carboxylic acids is 1. The van der Waals surface area contributed by atoms with Crippen molar-refractivity contribution in [2.24, 2.45) is 5.92 Å². The molecule has 0 bridgehead atoms. The maximum absolute atomic E-state index is 12.6. The van der Waals surface area contributed by atoms with Gasteiger partial charge in [-0.2, -0.15) is 0 Å². The number of carbonyl (C=O) groups is 2. The van der Waals surface area contributed by atoms with Crippen LogP contribution in [0.25, 0.3) is 0 Å². The van der Waals surface area contributed by atoms with E-state index in [-0.39, 0.29) is 24.3 Å². The third-order valence-corrected chi connectivity index (χ3v) is 4.28. The van der Waals surface area contributed by atoms with Gasteiger partial charge in [0.1, 0.15) is 0 Å². The normalized spacial score (nSPS) is 17.1. The molecule has 2 rings (SSSR count). The average Bonchev–Trinajstić information content (AvgIpc) is 2.50. The second-order valence-corrected chi connectivity index (χ2v) is 6.29. The highest BCUT2D eigenvalue weighted by Gasteiger charge is 2.29. The summed E-state index contributed by atoms with van der Waals surface area (Å²) in [7, 11) is 0. The van der Waals surface area contributed by atoms with Crippen molar-refractivity contribution in [3.05, 3.63) is 35.4 Å². The summed E-state index contributed by atoms with van der Waals surface area (Å²) >= 11 is 0. The molecule has 0 spiro atoms. The first-order valence-electron chi connectivity index (χ1n) is 8.10. The van der Waals surface area contributed by atoms with Crippen molar-refractivity contribution in [1.82, 2.24) is 4.90 Å². The number of carboxylic acid groups (broad SMARTS) is 1. The van der Waals surface area contributed by atoms with Crippen LogP contribution in [0.5, 0.6) is 0 Å². The molecule has 120 valence electrons. The van der Waals surface area contributed by atoms with Crippen LogP contribution in [-0.4, -0.2) is 28.4 Å². The molecular weight excluding hydrogens is 278 g/mol. The van der Waals surface area contributed by atoms with Gasteiger partial charge in [0.15, 0.2) is 0 Å². The largest absolute Gasteiger partial charge is 0.481 e. The van der Waals surface area contributed by atoms with Crippen molar-refractivity contribution in [2.45, 2.75) is 52.0 Å². The predicted octanol–water partition coefficient (Wildman–Crippen LogP) is 3.41. The summed E-state index contributed by atoms with van der Waals surface area (Å²) in [6.07, 6.45) is 3.71. The minimum absolute atomic E-state index is 0.0704. The zero-order chi connectivity index (χ0) is 16.1. The monoisotopic (exact) mass is 303 g/mol. The molecule has 0 radical (unpaired) electrons. The van der Waals surface area contributed by atoms with E-state index in [1.54, 1.807) is 0 Å². The van der Waals surface area contributed by atoms with Crippen LogP contribution in [0.1, 0.15) is 56.7 Å². The molecule has 1 amide bonds. The van der Waals surface area contributed by atoms with Gasteiger partial charge in [-0.3, -0.25) is 9.59 Å². The summed E-state index contributed by atoms with van der Waals surface area (Å²) in [6, 6.07) is 8.40. The zero-order valence-electron chi connectivity index (χ0n) is 13.4. The average molecular weight is 303 g/mol. The Kier molecular flexibility index (Phi) is 5.58. The number of rotatable bonds is 6. The molecule has 0 saturated heterocycles. The fourth-order valence-electron chi connectivity index (χ4n) is 3.20. The van der Waals surface area contributed by atoms with Gasteiger partial charge in [0.2, 0.25) is 5.91 Å². The van der Waals surface area contributed by atoms with Crippen LogP contribution >= 0.6 is 0 Å². The molecule has 1 atom stereocenters. The molecule has 0 heterocycles. The van der Waals surface area contributed by atoms with Gasteiger partial charge < -0.3 is 10.0 Å². The standard InChI is InChI=1S/C18H25NO3/c1-13(2)18(22)19(12-6-11-17(20)21)16-10-5-8-14-7-3-4-9-15(14)16/h3-4,7,9,13,16H,5-6,8,10-12H2,1-2H3,(H,20,21). The first kappa shape index (κ1) is 16.5. The smallest absolute Gasteiger partial charge is 0.303 e. The first-order chi connectivity index (χ1) is 10.5. The maximum atomic E-state index is 12.6. The molecule has 1 aromatic carbocycles. The highest BCUT2D eigenvalue weighted by Crippen LogP contribution is 2.35. The number of amides is 1. The summed E-state index contributed by atoms with van der Waals surface area (Å²) < 4.78 is 0. The number of hydrogen-bond acceptors (Lipinski definition) is 2. The molecule has 4 nitrogen and oxygen atoms in total. The number of nitrogens with zero attached hydrogens (tertiary/aromatic N) is 1. The number of carbonyl (C=O) groups excluding carboxylic acids is 1. The molecule has 1 aromatic rings. The summed E-state index contributed by atoms with van der Waals surface area (Å²) in [5.41, 5.74) is 2.55. The Morgan fingerprint density at radius 3 is 2.73 bits per heavy atom. The van der Waals surface area contributed by atoms with Gasteiger partial charge in [-0.25, -0.2) is 0 Å². The van der Waals surface area contributed by atoms with Crippen LogP contribution in [0, 0.1) is 5.92 Å². The summed E-state index contributed by atoms with van der Waals surface area (Å²) in [6.45, 7) is 4.32. The highest BCUT2D eigenvalue weighted by molar-refractivity contribution is 5.78. The van der Waals surface area contributed by atoms with Gasteiger partial charge >= 0.3 is 5.97 Å². The van der Waals surface area contributed by atoms with Gasteiger partial charge in [0.25, 0.3) is 0 Å². The van der Waals surface area contributed by atoms with E-state index in [0.717, 1.165) is 19.3 Å². The van der Waals surface area contributed by atoms with Gasteiger partial charge in [-0.15, -0.1) is 0 Å². The van der Waals surface area contributed by atoms with Crippen LogP contribution in [0.3, 0.4) is 0 Å². The lowest BCUT2D eigenvalue weighted by molar-refractivity contribution is -0.140. The Bertz CT molecular complexity index is 539. The second-order valence-electron chi connectivity index (χ2n) is 6.29. The van der Waals surface area contributed by atoms with Gasteiger partial charge in [-0.05, 0) is 36.8 Å². The lowest BCUT2D eigenvalue weighted by atomic mass is 9.86. The molecule has 0 fully saturated rings. The summed E-state index contributed by atoms with van der Waals surface area (Å²) in [5, 5.41) is 8.84. The van der Waals surface area contributed by atoms with Crippen molar-refractivity contribution in [1.29, 1.82) is 0 Å². The zero-order valence-corrected chi connectivity index (χ0v) is 13.4. The van der Waals surface area contributed by atoms with E-state index in [1.807, 2.05) is 30.9 Å². The molecule has 1 aliphatic carbocycles. The fourth-order valence-corrected chi connectivity index (χ4v) is 3.20. The molecule has 4 heteroatoms. The molecule has 22 heavy (non-hydrogen) atoms. The van der Waals surface area contributed by atoms with E-state index in [1.165, 1.54) is 11.1 Å². The SMILES string of the molecule is CC(C)C(=O)N(CCCC(=O)O)C1CCCc2ccccc21. The Labute approximate surface area is 132 Å². The summed E-state index contributed by atoms with van der Waals surface area (Å²) in [5.74, 6) is -0.757. The number of aryl methyl sites for hydroxylation is 1. The van der Waals surface area contributed by atoms with E-state index in [0.29, 0.717) is 13.0 Å². The van der Waals surface area contributed by atoms with Crippen LogP contribution < -0.4 is 0 Å².